The summed E-state index contributed by atoms with van der Waals surface area (Å²) in [6, 6.07) is 9.32. The molecule has 1 aliphatic heterocycles. The molecule has 0 unspecified atom stereocenters. The minimum Gasteiger partial charge on any atom is -0.378 e. The molecule has 1 saturated heterocycles. The van der Waals surface area contributed by atoms with E-state index in [1.807, 2.05) is 49.9 Å². The van der Waals surface area contributed by atoms with Gasteiger partial charge in [-0.1, -0.05) is 38.1 Å². The maximum absolute atomic E-state index is 14.7. The minimum absolute atomic E-state index is 0.0253. The molecule has 188 valence electrons. The maximum Gasteiger partial charge on any atom is 0.266 e. The van der Waals surface area contributed by atoms with E-state index in [4.69, 9.17) is 0 Å². The first kappa shape index (κ1) is 26.3. The number of alkyl halides is 2. The molecule has 0 aromatic heterocycles. The van der Waals surface area contributed by atoms with E-state index in [1.165, 1.54) is 12.1 Å². The molecule has 2 aromatic carbocycles. The van der Waals surface area contributed by atoms with Gasteiger partial charge in [0.2, 0.25) is 5.91 Å². The lowest BCUT2D eigenvalue weighted by Crippen LogP contribution is -2.49. The van der Waals surface area contributed by atoms with E-state index in [9.17, 15) is 18.0 Å². The summed E-state index contributed by atoms with van der Waals surface area (Å²) >= 11 is 0. The molecule has 1 amide bonds. The van der Waals surface area contributed by atoms with Crippen LogP contribution >= 0.6 is 0 Å². The summed E-state index contributed by atoms with van der Waals surface area (Å²) in [5.41, 5.74) is 2.65. The van der Waals surface area contributed by atoms with Crippen LogP contribution in [0.15, 0.2) is 47.5 Å². The van der Waals surface area contributed by atoms with Gasteiger partial charge in [-0.05, 0) is 38.8 Å². The van der Waals surface area contributed by atoms with Gasteiger partial charge in [0.1, 0.15) is 5.82 Å². The van der Waals surface area contributed by atoms with Crippen molar-refractivity contribution >= 4 is 29.7 Å². The second-order valence-corrected chi connectivity index (χ2v) is 8.95. The number of benzene rings is 2. The summed E-state index contributed by atoms with van der Waals surface area (Å²) in [6.45, 7) is 13.8. The number of carbonyl (C=O) groups is 1. The predicted octanol–water partition coefficient (Wildman–Crippen LogP) is 6.11. The Morgan fingerprint density at radius 1 is 1.09 bits per heavy atom. The molecule has 0 bridgehead atoms. The molecule has 1 heterocycles. The highest BCUT2D eigenvalue weighted by Gasteiger charge is 2.24. The summed E-state index contributed by atoms with van der Waals surface area (Å²) < 4.78 is 41.1. The number of rotatable bonds is 8. The number of carbonyl (C=O) groups excluding carboxylic acids is 1. The Morgan fingerprint density at radius 2 is 1.74 bits per heavy atom. The van der Waals surface area contributed by atoms with Gasteiger partial charge in [-0.25, -0.2) is 13.2 Å². The van der Waals surface area contributed by atoms with Gasteiger partial charge in [0.05, 0.1) is 17.3 Å². The first-order chi connectivity index (χ1) is 16.7. The summed E-state index contributed by atoms with van der Waals surface area (Å²) in [6.07, 6.45) is -1.04. The van der Waals surface area contributed by atoms with Gasteiger partial charge >= 0.3 is 0 Å². The lowest BCUT2D eigenvalue weighted by molar-refractivity contribution is -0.134. The molecule has 0 radical (unpaired) electrons. The zero-order valence-electron chi connectivity index (χ0n) is 20.7. The van der Waals surface area contributed by atoms with E-state index in [-0.39, 0.29) is 17.4 Å². The molecule has 0 spiro atoms. The molecule has 35 heavy (non-hydrogen) atoms. The Hall–Kier alpha value is -3.29. The van der Waals surface area contributed by atoms with Crippen molar-refractivity contribution in [2.45, 2.75) is 40.2 Å². The van der Waals surface area contributed by atoms with Crippen LogP contribution in [-0.4, -0.2) is 43.7 Å². The fourth-order valence-electron chi connectivity index (χ4n) is 4.32. The SMILES string of the molecule is C=Nc1ccc(N2CCN(C(=O)C(C)C)CC2)cc1/C(=C\C)N[C@H](C)c1cccc(C(F)F)c1F. The number of anilines is 1. The second kappa shape index (κ2) is 11.4. The Kier molecular flexibility index (Phi) is 8.59. The van der Waals surface area contributed by atoms with Gasteiger partial charge in [-0.15, -0.1) is 0 Å². The zero-order chi connectivity index (χ0) is 25.7. The summed E-state index contributed by atoms with van der Waals surface area (Å²) in [5.74, 6) is -0.765. The van der Waals surface area contributed by atoms with Gasteiger partial charge in [0.15, 0.2) is 0 Å². The van der Waals surface area contributed by atoms with Crippen molar-refractivity contribution in [3.8, 4) is 0 Å². The van der Waals surface area contributed by atoms with Crippen molar-refractivity contribution in [2.75, 3.05) is 31.1 Å². The van der Waals surface area contributed by atoms with E-state index >= 15 is 0 Å². The molecule has 5 nitrogen and oxygen atoms in total. The number of aliphatic imine (C=N–C) groups is 1. The number of hydrogen-bond donors (Lipinski definition) is 1. The molecule has 2 aromatic rings. The number of nitrogens with one attached hydrogen (secondary N) is 1. The monoisotopic (exact) mass is 486 g/mol. The summed E-state index contributed by atoms with van der Waals surface area (Å²) in [7, 11) is 0. The molecule has 1 aliphatic rings. The van der Waals surface area contributed by atoms with E-state index in [0.29, 0.717) is 37.6 Å². The topological polar surface area (TPSA) is 47.9 Å². The van der Waals surface area contributed by atoms with E-state index < -0.39 is 23.8 Å². The fraction of sp³-hybridized carbons (Fsp3) is 0.407. The molecule has 1 fully saturated rings. The summed E-state index contributed by atoms with van der Waals surface area (Å²) in [5, 5.41) is 3.26. The third kappa shape index (κ3) is 5.86. The van der Waals surface area contributed by atoms with Crippen molar-refractivity contribution < 1.29 is 18.0 Å². The van der Waals surface area contributed by atoms with Gasteiger partial charge in [0.25, 0.3) is 6.43 Å². The van der Waals surface area contributed by atoms with Crippen molar-refractivity contribution in [3.63, 3.8) is 0 Å². The number of halogens is 3. The third-order valence-electron chi connectivity index (χ3n) is 6.31. The Bertz CT molecular complexity index is 1090. The van der Waals surface area contributed by atoms with Crippen LogP contribution in [0.25, 0.3) is 5.70 Å². The van der Waals surface area contributed by atoms with Gasteiger partial charge in [-0.3, -0.25) is 9.79 Å². The lowest BCUT2D eigenvalue weighted by atomic mass is 10.0. The first-order valence-corrected chi connectivity index (χ1v) is 11.8. The molecule has 0 saturated carbocycles. The average Bonchev–Trinajstić information content (AvgIpc) is 2.86. The largest absolute Gasteiger partial charge is 0.378 e. The maximum atomic E-state index is 14.7. The standard InChI is InChI=1S/C27H33F3N4O/c1-6-23(32-18(4)20-8-7-9-21(25(20)28)26(29)30)22-16-19(10-11-24(22)31-5)33-12-14-34(15-13-33)27(35)17(2)3/h6-11,16-18,26,32H,5,12-15H2,1-4H3/b23-6+/t18-/m1/s1. The first-order valence-electron chi connectivity index (χ1n) is 11.8. The number of amides is 1. The average molecular weight is 487 g/mol. The Labute approximate surface area is 205 Å². The third-order valence-corrected chi connectivity index (χ3v) is 6.31. The van der Waals surface area contributed by atoms with E-state index in [0.717, 1.165) is 17.3 Å². The van der Waals surface area contributed by atoms with Gasteiger partial charge in [-0.2, -0.15) is 0 Å². The smallest absolute Gasteiger partial charge is 0.266 e. The van der Waals surface area contributed by atoms with Crippen molar-refractivity contribution in [1.29, 1.82) is 0 Å². The van der Waals surface area contributed by atoms with Gasteiger partial charge < -0.3 is 15.1 Å². The number of hydrogen-bond acceptors (Lipinski definition) is 4. The van der Waals surface area contributed by atoms with Crippen LogP contribution in [0.2, 0.25) is 0 Å². The summed E-state index contributed by atoms with van der Waals surface area (Å²) in [4.78, 5) is 20.6. The van der Waals surface area contributed by atoms with Gasteiger partial charge in [0, 0.05) is 54.6 Å². The van der Waals surface area contributed by atoms with Crippen LogP contribution in [-0.2, 0) is 4.79 Å². The fourth-order valence-corrected chi connectivity index (χ4v) is 4.32. The van der Waals surface area contributed by atoms with Crippen molar-refractivity contribution in [2.24, 2.45) is 10.9 Å². The van der Waals surface area contributed by atoms with Crippen molar-refractivity contribution in [3.05, 3.63) is 65.0 Å². The van der Waals surface area contributed by atoms with Crippen LogP contribution < -0.4 is 10.2 Å². The number of nitrogens with zero attached hydrogens (tertiary/aromatic N) is 3. The molecule has 1 atom stereocenters. The number of piperazine rings is 1. The van der Waals surface area contributed by atoms with Crippen LogP contribution in [0.3, 0.4) is 0 Å². The van der Waals surface area contributed by atoms with Crippen LogP contribution in [0.5, 0.6) is 0 Å². The molecule has 0 aliphatic carbocycles. The van der Waals surface area contributed by atoms with Crippen LogP contribution in [0.4, 0.5) is 24.5 Å². The highest BCUT2D eigenvalue weighted by molar-refractivity contribution is 5.79. The predicted molar refractivity (Wildman–Crippen MR) is 136 cm³/mol. The Balaban J connectivity index is 1.83. The van der Waals surface area contributed by atoms with E-state index in [1.54, 1.807) is 6.92 Å². The quantitative estimate of drug-likeness (QED) is 0.458. The number of allylic oxidation sites excluding steroid dienone is 1. The molecule has 3 rings (SSSR count). The highest BCUT2D eigenvalue weighted by Crippen LogP contribution is 2.33. The van der Waals surface area contributed by atoms with E-state index in [2.05, 4.69) is 21.9 Å². The second-order valence-electron chi connectivity index (χ2n) is 8.95. The molecule has 1 N–H and O–H groups in total. The highest BCUT2D eigenvalue weighted by atomic mass is 19.3. The van der Waals surface area contributed by atoms with Crippen LogP contribution in [0, 0.1) is 11.7 Å². The Morgan fingerprint density at radius 3 is 2.31 bits per heavy atom. The molecular weight excluding hydrogens is 453 g/mol. The molecular formula is C27H33F3N4O. The normalized spacial score (nSPS) is 15.5. The van der Waals surface area contributed by atoms with Crippen molar-refractivity contribution in [1.82, 2.24) is 10.2 Å². The lowest BCUT2D eigenvalue weighted by Gasteiger charge is -2.37. The zero-order valence-corrected chi connectivity index (χ0v) is 20.7. The van der Waals surface area contributed by atoms with Crippen LogP contribution in [0.1, 0.15) is 56.9 Å². The molecule has 8 heteroatoms. The minimum atomic E-state index is -2.88.